The number of hydrogen-bond donors (Lipinski definition) is 2. The van der Waals surface area contributed by atoms with E-state index in [-0.39, 0.29) is 11.4 Å². The van der Waals surface area contributed by atoms with E-state index in [1.54, 1.807) is 0 Å². The summed E-state index contributed by atoms with van der Waals surface area (Å²) in [5.74, 6) is -2.30. The number of non-ortho nitro benzene ring substituents is 1. The lowest BCUT2D eigenvalue weighted by molar-refractivity contribution is -0.384. The van der Waals surface area contributed by atoms with Crippen LogP contribution in [-0.2, 0) is 0 Å². The maximum absolute atomic E-state index is 13.3. The first-order valence-corrected chi connectivity index (χ1v) is 5.89. The predicted molar refractivity (Wildman–Crippen MR) is 72.2 cm³/mol. The van der Waals surface area contributed by atoms with Gasteiger partial charge in [0.2, 0.25) is 0 Å². The Kier molecular flexibility index (Phi) is 4.47. The topological polar surface area (TPSA) is 93.5 Å². The van der Waals surface area contributed by atoms with Gasteiger partial charge in [0, 0.05) is 18.2 Å². The van der Waals surface area contributed by atoms with Gasteiger partial charge in [0.15, 0.2) is 11.6 Å². The molecule has 0 heterocycles. The van der Waals surface area contributed by atoms with Crippen LogP contribution in [0, 0.1) is 21.7 Å². The third kappa shape index (κ3) is 3.88. The number of anilines is 1. The number of benzene rings is 2. The van der Waals surface area contributed by atoms with Gasteiger partial charge in [0.1, 0.15) is 5.82 Å². The Morgan fingerprint density at radius 2 is 1.95 bits per heavy atom. The second-order valence-electron chi connectivity index (χ2n) is 4.02. The summed E-state index contributed by atoms with van der Waals surface area (Å²) in [4.78, 5) is 21.4. The highest BCUT2D eigenvalue weighted by molar-refractivity contribution is 5.72. The number of hydrazine groups is 1. The van der Waals surface area contributed by atoms with E-state index < -0.39 is 28.4 Å². The van der Waals surface area contributed by atoms with Crippen LogP contribution in [0.2, 0.25) is 0 Å². The van der Waals surface area contributed by atoms with Gasteiger partial charge in [0.25, 0.3) is 5.69 Å². The fraction of sp³-hybridized carbons (Fsp3) is 0. The fourth-order valence-corrected chi connectivity index (χ4v) is 1.50. The summed E-state index contributed by atoms with van der Waals surface area (Å²) in [6.07, 6.45) is -1.07. The Labute approximate surface area is 122 Å². The Balaban J connectivity index is 1.95. The number of nitrogens with one attached hydrogen (secondary N) is 2. The molecule has 2 rings (SSSR count). The normalized spacial score (nSPS) is 9.91. The minimum absolute atomic E-state index is 0.176. The molecule has 22 heavy (non-hydrogen) atoms. The second kappa shape index (κ2) is 6.48. The SMILES string of the molecule is O=C(NNc1cccc([N+](=O)[O-])c1)Oc1ccc(F)cc1F. The van der Waals surface area contributed by atoms with Gasteiger partial charge in [-0.25, -0.2) is 19.0 Å². The predicted octanol–water partition coefficient (Wildman–Crippen LogP) is 2.99. The van der Waals surface area contributed by atoms with Crippen LogP contribution in [0.4, 0.5) is 25.0 Å². The zero-order valence-corrected chi connectivity index (χ0v) is 10.9. The Morgan fingerprint density at radius 3 is 2.64 bits per heavy atom. The van der Waals surface area contributed by atoms with Crippen molar-refractivity contribution in [3.8, 4) is 5.75 Å². The number of hydrogen-bond acceptors (Lipinski definition) is 5. The average molecular weight is 309 g/mol. The van der Waals surface area contributed by atoms with Crippen LogP contribution in [0.1, 0.15) is 0 Å². The first-order valence-electron chi connectivity index (χ1n) is 5.89. The monoisotopic (exact) mass is 309 g/mol. The highest BCUT2D eigenvalue weighted by atomic mass is 19.1. The molecule has 0 saturated heterocycles. The van der Waals surface area contributed by atoms with Crippen molar-refractivity contribution in [2.75, 3.05) is 5.43 Å². The lowest BCUT2D eigenvalue weighted by Crippen LogP contribution is -2.32. The molecule has 0 aliphatic carbocycles. The highest BCUT2D eigenvalue weighted by Gasteiger charge is 2.11. The molecule has 0 atom stereocenters. The van der Waals surface area contributed by atoms with E-state index in [1.807, 2.05) is 0 Å². The molecule has 2 aromatic rings. The molecule has 0 saturated carbocycles. The van der Waals surface area contributed by atoms with Gasteiger partial charge in [-0.2, -0.15) is 0 Å². The molecule has 9 heteroatoms. The molecular formula is C13H9F2N3O4. The molecule has 7 nitrogen and oxygen atoms in total. The van der Waals surface area contributed by atoms with E-state index in [9.17, 15) is 23.7 Å². The van der Waals surface area contributed by atoms with Gasteiger partial charge in [-0.1, -0.05) is 6.07 Å². The standard InChI is InChI=1S/C13H9F2N3O4/c14-8-4-5-12(11(15)6-8)22-13(19)17-16-9-2-1-3-10(7-9)18(20)21/h1-7,16H,(H,17,19). The quantitative estimate of drug-likeness (QED) is 0.669. The Bertz CT molecular complexity index is 724. The molecule has 0 bridgehead atoms. The van der Waals surface area contributed by atoms with Gasteiger partial charge in [0.05, 0.1) is 10.6 Å². The summed E-state index contributed by atoms with van der Waals surface area (Å²) in [5.41, 5.74) is 4.48. The summed E-state index contributed by atoms with van der Waals surface area (Å²) in [6, 6.07) is 7.78. The number of ether oxygens (including phenoxy) is 1. The molecule has 0 fully saturated rings. The minimum atomic E-state index is -1.07. The van der Waals surface area contributed by atoms with Crippen LogP contribution in [0.25, 0.3) is 0 Å². The van der Waals surface area contributed by atoms with Gasteiger partial charge in [-0.15, -0.1) is 0 Å². The van der Waals surface area contributed by atoms with Crippen LogP contribution in [-0.4, -0.2) is 11.0 Å². The fourth-order valence-electron chi connectivity index (χ4n) is 1.50. The van der Waals surface area contributed by atoms with Crippen LogP contribution < -0.4 is 15.6 Å². The number of halogens is 2. The van der Waals surface area contributed by atoms with E-state index in [2.05, 4.69) is 15.6 Å². The maximum atomic E-state index is 13.3. The lowest BCUT2D eigenvalue weighted by atomic mass is 10.3. The smallest absolute Gasteiger partial charge is 0.406 e. The van der Waals surface area contributed by atoms with Crippen molar-refractivity contribution in [2.24, 2.45) is 0 Å². The molecule has 0 radical (unpaired) electrons. The van der Waals surface area contributed by atoms with Crippen LogP contribution in [0.15, 0.2) is 42.5 Å². The number of rotatable bonds is 4. The summed E-state index contributed by atoms with van der Waals surface area (Å²) in [7, 11) is 0. The number of nitro benzene ring substituents is 1. The average Bonchev–Trinajstić information content (AvgIpc) is 2.48. The molecule has 0 unspecified atom stereocenters. The van der Waals surface area contributed by atoms with E-state index >= 15 is 0 Å². The summed E-state index contributed by atoms with van der Waals surface area (Å²) in [5, 5.41) is 10.6. The van der Waals surface area contributed by atoms with E-state index in [1.165, 1.54) is 24.3 Å². The van der Waals surface area contributed by atoms with Gasteiger partial charge in [-0.3, -0.25) is 15.5 Å². The van der Waals surface area contributed by atoms with Gasteiger partial charge in [-0.05, 0) is 18.2 Å². The number of amides is 1. The third-order valence-corrected chi connectivity index (χ3v) is 2.46. The molecule has 2 N–H and O–H groups in total. The molecule has 114 valence electrons. The van der Waals surface area contributed by atoms with E-state index in [0.717, 1.165) is 12.1 Å². The van der Waals surface area contributed by atoms with E-state index in [4.69, 9.17) is 0 Å². The zero-order valence-electron chi connectivity index (χ0n) is 10.9. The summed E-state index contributed by atoms with van der Waals surface area (Å²) in [6.45, 7) is 0. The van der Waals surface area contributed by atoms with Gasteiger partial charge < -0.3 is 4.74 Å². The third-order valence-electron chi connectivity index (χ3n) is 2.46. The Morgan fingerprint density at radius 1 is 1.18 bits per heavy atom. The molecule has 0 aromatic heterocycles. The van der Waals surface area contributed by atoms with E-state index in [0.29, 0.717) is 6.07 Å². The van der Waals surface area contributed by atoms with Crippen LogP contribution >= 0.6 is 0 Å². The van der Waals surface area contributed by atoms with Crippen LogP contribution in [0.3, 0.4) is 0 Å². The van der Waals surface area contributed by atoms with Crippen molar-refractivity contribution in [1.29, 1.82) is 0 Å². The largest absolute Gasteiger partial charge is 0.431 e. The first kappa shape index (κ1) is 15.2. The maximum Gasteiger partial charge on any atom is 0.431 e. The molecule has 0 spiro atoms. The van der Waals surface area contributed by atoms with Crippen molar-refractivity contribution in [2.45, 2.75) is 0 Å². The minimum Gasteiger partial charge on any atom is -0.406 e. The molecule has 1 amide bonds. The number of nitro groups is 1. The molecule has 2 aromatic carbocycles. The number of nitrogens with zero attached hydrogens (tertiary/aromatic N) is 1. The second-order valence-corrected chi connectivity index (χ2v) is 4.02. The Hall–Kier alpha value is -3.23. The number of carbonyl (C=O) groups excluding carboxylic acids is 1. The lowest BCUT2D eigenvalue weighted by Gasteiger charge is -2.09. The van der Waals surface area contributed by atoms with Crippen molar-refractivity contribution in [1.82, 2.24) is 5.43 Å². The van der Waals surface area contributed by atoms with Crippen molar-refractivity contribution in [3.05, 3.63) is 64.2 Å². The molecular weight excluding hydrogens is 300 g/mol. The van der Waals surface area contributed by atoms with Crippen LogP contribution in [0.5, 0.6) is 5.75 Å². The highest BCUT2D eigenvalue weighted by Crippen LogP contribution is 2.18. The van der Waals surface area contributed by atoms with Crippen molar-refractivity contribution in [3.63, 3.8) is 0 Å². The summed E-state index contributed by atoms with van der Waals surface area (Å²) < 4.78 is 30.6. The molecule has 0 aliphatic rings. The van der Waals surface area contributed by atoms with Crippen molar-refractivity contribution < 1.29 is 23.2 Å². The summed E-state index contributed by atoms with van der Waals surface area (Å²) >= 11 is 0. The number of carbonyl (C=O) groups is 1. The zero-order chi connectivity index (χ0) is 16.1. The van der Waals surface area contributed by atoms with Gasteiger partial charge >= 0.3 is 6.09 Å². The van der Waals surface area contributed by atoms with Crippen molar-refractivity contribution >= 4 is 17.5 Å². The molecule has 0 aliphatic heterocycles. The first-order chi connectivity index (χ1) is 10.5.